The maximum Gasteiger partial charge on any atom is 0.249 e. The number of aryl methyl sites for hydroxylation is 2. The normalized spacial score (nSPS) is 10.9. The lowest BCUT2D eigenvalue weighted by molar-refractivity contribution is -0.111. The first-order chi connectivity index (χ1) is 16.4. The molecular formula is C26H23N5O3. The summed E-state index contributed by atoms with van der Waals surface area (Å²) in [6.07, 6.45) is 4.40. The number of anilines is 1. The van der Waals surface area contributed by atoms with Crippen LogP contribution in [0.15, 0.2) is 54.7 Å². The Morgan fingerprint density at radius 3 is 2.68 bits per heavy atom. The van der Waals surface area contributed by atoms with Gasteiger partial charge in [0.25, 0.3) is 0 Å². The number of pyridine rings is 1. The van der Waals surface area contributed by atoms with Gasteiger partial charge in [0.05, 0.1) is 25.9 Å². The van der Waals surface area contributed by atoms with Gasteiger partial charge in [0.2, 0.25) is 5.91 Å². The van der Waals surface area contributed by atoms with E-state index in [2.05, 4.69) is 16.5 Å². The predicted octanol–water partition coefficient (Wildman–Crippen LogP) is 4.58. The number of carbonyl (C=O) groups excluding carboxylic acids is 1. The smallest absolute Gasteiger partial charge is 0.249 e. The van der Waals surface area contributed by atoms with Gasteiger partial charge in [0.15, 0.2) is 11.6 Å². The Balaban J connectivity index is 1.67. The summed E-state index contributed by atoms with van der Waals surface area (Å²) in [6, 6.07) is 15.2. The summed E-state index contributed by atoms with van der Waals surface area (Å²) in [5.74, 6) is 1.55. The van der Waals surface area contributed by atoms with Gasteiger partial charge in [-0.3, -0.25) is 4.79 Å². The lowest BCUT2D eigenvalue weighted by Gasteiger charge is -2.11. The molecule has 2 aromatic heterocycles. The van der Waals surface area contributed by atoms with Crippen molar-refractivity contribution in [1.29, 1.82) is 5.26 Å². The van der Waals surface area contributed by atoms with Crippen molar-refractivity contribution in [1.82, 2.24) is 14.8 Å². The Morgan fingerprint density at radius 2 is 1.94 bits per heavy atom. The molecule has 170 valence electrons. The molecule has 0 atom stereocenters. The fraction of sp³-hybridized carbons (Fsp3) is 0.154. The lowest BCUT2D eigenvalue weighted by Crippen LogP contribution is -2.14. The second-order valence-corrected chi connectivity index (χ2v) is 7.63. The highest BCUT2D eigenvalue weighted by Gasteiger charge is 2.16. The maximum absolute atomic E-state index is 12.8. The first kappa shape index (κ1) is 22.6. The molecule has 8 nitrogen and oxygen atoms in total. The number of ether oxygens (including phenoxy) is 2. The van der Waals surface area contributed by atoms with Gasteiger partial charge in [0, 0.05) is 23.1 Å². The van der Waals surface area contributed by atoms with Crippen LogP contribution in [0.1, 0.15) is 22.3 Å². The molecule has 0 unspecified atom stereocenters. The number of hydrogen-bond acceptors (Lipinski definition) is 6. The van der Waals surface area contributed by atoms with Crippen LogP contribution in [-0.4, -0.2) is 34.9 Å². The number of methoxy groups -OCH3 is 2. The lowest BCUT2D eigenvalue weighted by atomic mass is 10.1. The minimum absolute atomic E-state index is 0.230. The standard InChI is InChI=1S/C26H23N5O3/c1-16-6-5-7-21-17(2)12-23(29-25(16)21)31-26(19(14-27)15-28-31)30-24(32)11-9-18-8-10-20(33-3)13-22(18)34-4/h5-13,15H,1-4H3,(H,30,32)/b11-9+. The molecule has 4 rings (SSSR count). The fourth-order valence-corrected chi connectivity index (χ4v) is 3.66. The van der Waals surface area contributed by atoms with Crippen molar-refractivity contribution in [2.24, 2.45) is 0 Å². The Labute approximate surface area is 197 Å². The monoisotopic (exact) mass is 453 g/mol. The van der Waals surface area contributed by atoms with Crippen molar-refractivity contribution in [3.05, 3.63) is 77.0 Å². The fourth-order valence-electron chi connectivity index (χ4n) is 3.66. The van der Waals surface area contributed by atoms with Crippen molar-refractivity contribution in [2.75, 3.05) is 19.5 Å². The number of nitrogens with zero attached hydrogens (tertiary/aromatic N) is 4. The number of para-hydroxylation sites is 1. The summed E-state index contributed by atoms with van der Waals surface area (Å²) in [5, 5.41) is 17.7. The van der Waals surface area contributed by atoms with E-state index in [1.54, 1.807) is 38.5 Å². The van der Waals surface area contributed by atoms with Gasteiger partial charge in [-0.25, -0.2) is 4.98 Å². The van der Waals surface area contributed by atoms with Gasteiger partial charge in [-0.2, -0.15) is 15.0 Å². The van der Waals surface area contributed by atoms with Crippen molar-refractivity contribution in [3.8, 4) is 23.4 Å². The van der Waals surface area contributed by atoms with Gasteiger partial charge in [-0.15, -0.1) is 0 Å². The molecule has 1 amide bonds. The van der Waals surface area contributed by atoms with E-state index in [1.807, 2.05) is 38.1 Å². The molecule has 8 heteroatoms. The van der Waals surface area contributed by atoms with Crippen LogP contribution in [0, 0.1) is 25.2 Å². The first-order valence-corrected chi connectivity index (χ1v) is 10.5. The van der Waals surface area contributed by atoms with E-state index < -0.39 is 5.91 Å². The molecule has 2 aromatic carbocycles. The van der Waals surface area contributed by atoms with Gasteiger partial charge in [0.1, 0.15) is 23.1 Å². The number of hydrogen-bond donors (Lipinski definition) is 1. The predicted molar refractivity (Wildman–Crippen MR) is 130 cm³/mol. The van der Waals surface area contributed by atoms with Gasteiger partial charge >= 0.3 is 0 Å². The average molecular weight is 454 g/mol. The van der Waals surface area contributed by atoms with Crippen LogP contribution in [0.5, 0.6) is 11.5 Å². The minimum atomic E-state index is -0.426. The highest BCUT2D eigenvalue weighted by Crippen LogP contribution is 2.27. The second-order valence-electron chi connectivity index (χ2n) is 7.63. The zero-order valence-electron chi connectivity index (χ0n) is 19.3. The summed E-state index contributed by atoms with van der Waals surface area (Å²) in [6.45, 7) is 3.98. The summed E-state index contributed by atoms with van der Waals surface area (Å²) in [7, 11) is 3.12. The number of nitriles is 1. The molecule has 0 aliphatic heterocycles. The molecule has 0 saturated carbocycles. The zero-order chi connectivity index (χ0) is 24.2. The Kier molecular flexibility index (Phi) is 6.28. The number of fused-ring (bicyclic) bond motifs is 1. The molecule has 2 heterocycles. The molecule has 0 bridgehead atoms. The van der Waals surface area contributed by atoms with Crippen molar-refractivity contribution in [2.45, 2.75) is 13.8 Å². The van der Waals surface area contributed by atoms with Crippen molar-refractivity contribution >= 4 is 28.7 Å². The van der Waals surface area contributed by atoms with Crippen molar-refractivity contribution < 1.29 is 14.3 Å². The third-order valence-corrected chi connectivity index (χ3v) is 5.44. The summed E-state index contributed by atoms with van der Waals surface area (Å²) in [4.78, 5) is 17.5. The molecule has 1 N–H and O–H groups in total. The second kappa shape index (κ2) is 9.46. The van der Waals surface area contributed by atoms with Crippen LogP contribution in [0.2, 0.25) is 0 Å². The number of rotatable bonds is 6. The van der Waals surface area contributed by atoms with Crippen LogP contribution in [0.25, 0.3) is 22.8 Å². The van der Waals surface area contributed by atoms with E-state index in [4.69, 9.17) is 14.5 Å². The number of carbonyl (C=O) groups is 1. The van der Waals surface area contributed by atoms with Gasteiger partial charge in [-0.1, -0.05) is 18.2 Å². The molecule has 0 aliphatic rings. The van der Waals surface area contributed by atoms with E-state index >= 15 is 0 Å². The zero-order valence-corrected chi connectivity index (χ0v) is 19.3. The first-order valence-electron chi connectivity index (χ1n) is 10.5. The highest BCUT2D eigenvalue weighted by molar-refractivity contribution is 6.02. The van der Waals surface area contributed by atoms with E-state index in [-0.39, 0.29) is 11.4 Å². The van der Waals surface area contributed by atoms with Gasteiger partial charge < -0.3 is 14.8 Å². The SMILES string of the molecule is COc1ccc(/C=C/C(=O)Nc2c(C#N)cnn2-c2cc(C)c3cccc(C)c3n2)c(OC)c1. The van der Waals surface area contributed by atoms with E-state index in [0.29, 0.717) is 22.9 Å². The number of nitrogens with one attached hydrogen (secondary N) is 1. The van der Waals surface area contributed by atoms with E-state index in [0.717, 1.165) is 22.0 Å². The molecule has 0 aliphatic carbocycles. The molecule has 0 spiro atoms. The largest absolute Gasteiger partial charge is 0.497 e. The highest BCUT2D eigenvalue weighted by atomic mass is 16.5. The minimum Gasteiger partial charge on any atom is -0.497 e. The summed E-state index contributed by atoms with van der Waals surface area (Å²) >= 11 is 0. The van der Waals surface area contributed by atoms with Crippen LogP contribution in [0.3, 0.4) is 0 Å². The number of aromatic nitrogens is 3. The molecule has 0 saturated heterocycles. The third kappa shape index (κ3) is 4.32. The molecule has 34 heavy (non-hydrogen) atoms. The average Bonchev–Trinajstić information content (AvgIpc) is 3.25. The van der Waals surface area contributed by atoms with Crippen LogP contribution >= 0.6 is 0 Å². The van der Waals surface area contributed by atoms with Crippen molar-refractivity contribution in [3.63, 3.8) is 0 Å². The molecule has 0 fully saturated rings. The Hall–Kier alpha value is -4.64. The van der Waals surface area contributed by atoms with Crippen LogP contribution in [-0.2, 0) is 4.79 Å². The topological polar surface area (TPSA) is 102 Å². The number of amides is 1. The third-order valence-electron chi connectivity index (χ3n) is 5.44. The quantitative estimate of drug-likeness (QED) is 0.429. The summed E-state index contributed by atoms with van der Waals surface area (Å²) in [5.41, 5.74) is 3.82. The van der Waals surface area contributed by atoms with Crippen LogP contribution < -0.4 is 14.8 Å². The molecular weight excluding hydrogens is 430 g/mol. The molecule has 4 aromatic rings. The molecule has 0 radical (unpaired) electrons. The van der Waals surface area contributed by atoms with E-state index in [1.165, 1.54) is 17.0 Å². The van der Waals surface area contributed by atoms with Gasteiger partial charge in [-0.05, 0) is 49.2 Å². The number of benzene rings is 2. The van der Waals surface area contributed by atoms with Crippen LogP contribution in [0.4, 0.5) is 5.82 Å². The maximum atomic E-state index is 12.8. The Morgan fingerprint density at radius 1 is 1.12 bits per heavy atom. The Bertz CT molecular complexity index is 1460. The van der Waals surface area contributed by atoms with E-state index in [9.17, 15) is 10.1 Å². The summed E-state index contributed by atoms with van der Waals surface area (Å²) < 4.78 is 12.0.